The molecule has 1 aromatic carbocycles. The number of nitrogens with two attached hydrogens (primary N) is 1. The number of nitrogens with one attached hydrogen (secondary N) is 2. The number of hydrogen-bond acceptors (Lipinski definition) is 5. The molecule has 8 nitrogen and oxygen atoms in total. The number of amides is 3. The summed E-state index contributed by atoms with van der Waals surface area (Å²) >= 11 is 0. The Balaban J connectivity index is 2.31. The summed E-state index contributed by atoms with van der Waals surface area (Å²) in [6.07, 6.45) is -1.90. The second kappa shape index (κ2) is 8.63. The second-order valence-electron chi connectivity index (χ2n) is 4.60. The molecule has 0 bridgehead atoms. The number of alkyl carbamates (subject to hydrolysis) is 1. The minimum atomic E-state index is -1.21. The molecule has 0 saturated carbocycles. The van der Waals surface area contributed by atoms with Gasteiger partial charge < -0.3 is 26.2 Å². The van der Waals surface area contributed by atoms with Gasteiger partial charge in [-0.05, 0) is 12.5 Å². The van der Waals surface area contributed by atoms with Crippen molar-refractivity contribution in [2.45, 2.75) is 25.7 Å². The first-order valence-electron chi connectivity index (χ1n) is 6.61. The lowest BCUT2D eigenvalue weighted by Gasteiger charge is -2.18. The predicted octanol–water partition coefficient (Wildman–Crippen LogP) is -0.736. The molecule has 0 heterocycles. The van der Waals surface area contributed by atoms with Gasteiger partial charge >= 0.3 is 6.09 Å². The van der Waals surface area contributed by atoms with E-state index in [0.717, 1.165) is 5.56 Å². The minimum absolute atomic E-state index is 0.0753. The van der Waals surface area contributed by atoms with E-state index in [1.165, 1.54) is 6.92 Å². The van der Waals surface area contributed by atoms with Gasteiger partial charge in [0.25, 0.3) is 0 Å². The van der Waals surface area contributed by atoms with Crippen molar-refractivity contribution in [2.75, 3.05) is 6.54 Å². The Labute approximate surface area is 127 Å². The largest absolute Gasteiger partial charge is 0.445 e. The Morgan fingerprint density at radius 2 is 1.91 bits per heavy atom. The molecule has 0 aromatic heterocycles. The Kier molecular flexibility index (Phi) is 6.84. The lowest BCUT2D eigenvalue weighted by atomic mass is 10.2. The summed E-state index contributed by atoms with van der Waals surface area (Å²) in [6.45, 7) is 0.993. The van der Waals surface area contributed by atoms with Crippen LogP contribution >= 0.6 is 0 Å². The molecule has 0 spiro atoms. The number of primary amides is 1. The molecule has 1 aromatic rings. The summed E-state index contributed by atoms with van der Waals surface area (Å²) < 4.78 is 4.91. The van der Waals surface area contributed by atoms with E-state index in [9.17, 15) is 19.5 Å². The van der Waals surface area contributed by atoms with Crippen LogP contribution in [-0.4, -0.2) is 41.7 Å². The average molecular weight is 309 g/mol. The molecule has 0 saturated heterocycles. The van der Waals surface area contributed by atoms with Gasteiger partial charge in [-0.2, -0.15) is 0 Å². The molecular weight excluding hydrogens is 290 g/mol. The Morgan fingerprint density at radius 1 is 1.27 bits per heavy atom. The van der Waals surface area contributed by atoms with Crippen LogP contribution < -0.4 is 16.4 Å². The monoisotopic (exact) mass is 309 g/mol. The van der Waals surface area contributed by atoms with E-state index in [-0.39, 0.29) is 6.61 Å². The first-order chi connectivity index (χ1) is 10.4. The first kappa shape index (κ1) is 17.4. The zero-order valence-corrected chi connectivity index (χ0v) is 12.1. The van der Waals surface area contributed by atoms with Crippen LogP contribution in [0.25, 0.3) is 0 Å². The number of ether oxygens (including phenoxy) is 1. The van der Waals surface area contributed by atoms with Crippen LogP contribution in [0.5, 0.6) is 0 Å². The third kappa shape index (κ3) is 6.23. The molecule has 0 aliphatic rings. The molecule has 0 unspecified atom stereocenters. The average Bonchev–Trinajstić information content (AvgIpc) is 2.49. The van der Waals surface area contributed by atoms with Crippen molar-refractivity contribution in [2.24, 2.45) is 5.73 Å². The summed E-state index contributed by atoms with van der Waals surface area (Å²) in [7, 11) is 0. The van der Waals surface area contributed by atoms with E-state index in [1.54, 1.807) is 12.1 Å². The summed E-state index contributed by atoms with van der Waals surface area (Å²) in [4.78, 5) is 34.0. The molecule has 1 rings (SSSR count). The van der Waals surface area contributed by atoms with Crippen LogP contribution in [0.1, 0.15) is 12.5 Å². The lowest BCUT2D eigenvalue weighted by molar-refractivity contribution is -0.129. The van der Waals surface area contributed by atoms with Crippen molar-refractivity contribution < 1.29 is 24.2 Å². The van der Waals surface area contributed by atoms with Gasteiger partial charge in [0.2, 0.25) is 11.8 Å². The van der Waals surface area contributed by atoms with Gasteiger partial charge in [-0.15, -0.1) is 0 Å². The summed E-state index contributed by atoms with van der Waals surface area (Å²) in [5, 5.41) is 13.7. The number of benzene rings is 1. The molecule has 3 amide bonds. The summed E-state index contributed by atoms with van der Waals surface area (Å²) in [5.41, 5.74) is 5.84. The standard InChI is InChI=1S/C14H19N3O5/c1-9(18)12(13(15)20)17-11(19)7-16-14(21)22-8-10-5-3-2-4-6-10/h2-6,9,12,18H,7-8H2,1H3,(H2,15,20)(H,16,21)(H,17,19)/t9-,12+/m1/s1. The van der Waals surface area contributed by atoms with Gasteiger partial charge in [-0.1, -0.05) is 30.3 Å². The Hall–Kier alpha value is -2.61. The van der Waals surface area contributed by atoms with Crippen LogP contribution in [0.3, 0.4) is 0 Å². The van der Waals surface area contributed by atoms with Crippen molar-refractivity contribution >= 4 is 17.9 Å². The molecule has 5 N–H and O–H groups in total. The lowest BCUT2D eigenvalue weighted by Crippen LogP contribution is -2.52. The van der Waals surface area contributed by atoms with Crippen LogP contribution in [0, 0.1) is 0 Å². The fraction of sp³-hybridized carbons (Fsp3) is 0.357. The van der Waals surface area contributed by atoms with Crippen molar-refractivity contribution in [1.82, 2.24) is 10.6 Å². The van der Waals surface area contributed by atoms with Crippen molar-refractivity contribution in [3.05, 3.63) is 35.9 Å². The second-order valence-corrected chi connectivity index (χ2v) is 4.60. The van der Waals surface area contributed by atoms with Crippen LogP contribution in [0.4, 0.5) is 4.79 Å². The van der Waals surface area contributed by atoms with Crippen LogP contribution in [0.15, 0.2) is 30.3 Å². The highest BCUT2D eigenvalue weighted by atomic mass is 16.5. The van der Waals surface area contributed by atoms with Gasteiger partial charge in [-0.25, -0.2) is 4.79 Å². The third-order valence-electron chi connectivity index (χ3n) is 2.71. The Morgan fingerprint density at radius 3 is 2.45 bits per heavy atom. The fourth-order valence-corrected chi connectivity index (χ4v) is 1.58. The molecule has 0 aliphatic heterocycles. The summed E-state index contributed by atoms with van der Waals surface area (Å²) in [6, 6.07) is 7.83. The first-order valence-corrected chi connectivity index (χ1v) is 6.61. The number of carbonyl (C=O) groups excluding carboxylic acids is 3. The highest BCUT2D eigenvalue weighted by molar-refractivity contribution is 5.89. The molecule has 0 aliphatic carbocycles. The normalized spacial score (nSPS) is 12.8. The zero-order valence-electron chi connectivity index (χ0n) is 12.1. The van der Waals surface area contributed by atoms with E-state index in [2.05, 4.69) is 10.6 Å². The van der Waals surface area contributed by atoms with E-state index in [1.807, 2.05) is 18.2 Å². The van der Waals surface area contributed by atoms with Gasteiger partial charge in [0.1, 0.15) is 19.2 Å². The van der Waals surface area contributed by atoms with Crippen LogP contribution in [0.2, 0.25) is 0 Å². The van der Waals surface area contributed by atoms with Crippen molar-refractivity contribution in [1.29, 1.82) is 0 Å². The zero-order chi connectivity index (χ0) is 16.5. The molecule has 2 atom stereocenters. The number of aliphatic hydroxyl groups excluding tert-OH is 1. The fourth-order valence-electron chi connectivity index (χ4n) is 1.58. The molecule has 8 heteroatoms. The molecule has 120 valence electrons. The number of hydrogen-bond donors (Lipinski definition) is 4. The number of rotatable bonds is 7. The van der Waals surface area contributed by atoms with Gasteiger partial charge in [0.15, 0.2) is 0 Å². The van der Waals surface area contributed by atoms with E-state index >= 15 is 0 Å². The number of carbonyl (C=O) groups is 3. The van der Waals surface area contributed by atoms with Crippen molar-refractivity contribution in [3.63, 3.8) is 0 Å². The molecule has 0 fully saturated rings. The maximum Gasteiger partial charge on any atom is 0.407 e. The van der Waals surface area contributed by atoms with Gasteiger partial charge in [0.05, 0.1) is 6.10 Å². The predicted molar refractivity (Wildman–Crippen MR) is 77.4 cm³/mol. The van der Waals surface area contributed by atoms with E-state index in [4.69, 9.17) is 10.5 Å². The third-order valence-corrected chi connectivity index (χ3v) is 2.71. The van der Waals surface area contributed by atoms with Gasteiger partial charge in [0, 0.05) is 0 Å². The Bertz CT molecular complexity index is 518. The number of aliphatic hydroxyl groups is 1. The highest BCUT2D eigenvalue weighted by Crippen LogP contribution is 2.00. The molecule has 0 radical (unpaired) electrons. The highest BCUT2D eigenvalue weighted by Gasteiger charge is 2.23. The summed E-state index contributed by atoms with van der Waals surface area (Å²) in [5.74, 6) is -1.53. The van der Waals surface area contributed by atoms with Gasteiger partial charge in [-0.3, -0.25) is 9.59 Å². The van der Waals surface area contributed by atoms with E-state index in [0.29, 0.717) is 0 Å². The smallest absolute Gasteiger partial charge is 0.407 e. The minimum Gasteiger partial charge on any atom is -0.445 e. The van der Waals surface area contributed by atoms with E-state index < -0.39 is 36.6 Å². The maximum atomic E-state index is 11.5. The molecular formula is C14H19N3O5. The quantitative estimate of drug-likeness (QED) is 0.527. The molecule has 22 heavy (non-hydrogen) atoms. The van der Waals surface area contributed by atoms with Crippen LogP contribution in [-0.2, 0) is 20.9 Å². The SMILES string of the molecule is C[C@@H](O)[C@H](NC(=O)CNC(=O)OCc1ccccc1)C(N)=O. The van der Waals surface area contributed by atoms with Crippen molar-refractivity contribution in [3.8, 4) is 0 Å². The maximum absolute atomic E-state index is 11.5. The topological polar surface area (TPSA) is 131 Å².